The van der Waals surface area contributed by atoms with Gasteiger partial charge in [-0.05, 0) is 100 Å². The molecule has 0 fully saturated rings. The Kier molecular flexibility index (Phi) is 9.26. The van der Waals surface area contributed by atoms with Crippen LogP contribution in [0.25, 0.3) is 11.6 Å². The summed E-state index contributed by atoms with van der Waals surface area (Å²) in [4.78, 5) is 4.28. The minimum Gasteiger partial charge on any atom is -0.491 e. The number of halogens is 1. The molecule has 0 bridgehead atoms. The fourth-order valence-electron chi connectivity index (χ4n) is 3.00. The largest absolute Gasteiger partial charge is 0.491 e. The van der Waals surface area contributed by atoms with Crippen LogP contribution < -0.4 is 9.47 Å². The summed E-state index contributed by atoms with van der Waals surface area (Å²) < 4.78 is 25.2. The Morgan fingerprint density at radius 1 is 0.968 bits per heavy atom. The van der Waals surface area contributed by atoms with Gasteiger partial charge in [-0.25, -0.2) is 4.39 Å². The molecule has 0 unspecified atom stereocenters. The van der Waals surface area contributed by atoms with Gasteiger partial charge in [-0.2, -0.15) is 0 Å². The lowest BCUT2D eigenvalue weighted by Crippen LogP contribution is -2.06. The van der Waals surface area contributed by atoms with E-state index in [-0.39, 0.29) is 23.8 Å². The standard InChI is InChI=1S/C27H32FNO2/c1-7-25(23-9-11-24(12-10-23)30-19(2)3)21(6)14-16-29-17-15-22-8-13-27(26(28)18-22)31-20(4)5/h7-20H,1-6H3/b17-15+,21-14-,25-7+,29-16+. The molecule has 0 radical (unpaired) electrons. The van der Waals surface area contributed by atoms with Crippen molar-refractivity contribution < 1.29 is 13.9 Å². The summed E-state index contributed by atoms with van der Waals surface area (Å²) in [5, 5.41) is 0. The summed E-state index contributed by atoms with van der Waals surface area (Å²) in [6, 6.07) is 13.0. The first kappa shape index (κ1) is 24.1. The van der Waals surface area contributed by atoms with Crippen LogP contribution in [-0.4, -0.2) is 18.4 Å². The molecule has 0 aliphatic rings. The highest BCUT2D eigenvalue weighted by atomic mass is 19.1. The molecule has 0 spiro atoms. The molecule has 2 aromatic rings. The van der Waals surface area contributed by atoms with Gasteiger partial charge in [-0.3, -0.25) is 4.99 Å². The van der Waals surface area contributed by atoms with Gasteiger partial charge in [-0.1, -0.05) is 24.3 Å². The second-order valence-electron chi connectivity index (χ2n) is 7.71. The van der Waals surface area contributed by atoms with Gasteiger partial charge in [0.15, 0.2) is 11.6 Å². The van der Waals surface area contributed by atoms with E-state index in [1.54, 1.807) is 30.6 Å². The minimum absolute atomic E-state index is 0.0658. The van der Waals surface area contributed by atoms with Gasteiger partial charge in [0.1, 0.15) is 5.75 Å². The number of benzene rings is 2. The van der Waals surface area contributed by atoms with Crippen molar-refractivity contribution in [1.82, 2.24) is 0 Å². The molecule has 0 heterocycles. The van der Waals surface area contributed by atoms with Crippen molar-refractivity contribution >= 4 is 17.9 Å². The van der Waals surface area contributed by atoms with Gasteiger partial charge in [0.2, 0.25) is 0 Å². The molecule has 0 amide bonds. The van der Waals surface area contributed by atoms with Crippen LogP contribution in [0.3, 0.4) is 0 Å². The topological polar surface area (TPSA) is 30.8 Å². The fraction of sp³-hybridized carbons (Fsp3) is 0.296. The molecule has 3 nitrogen and oxygen atoms in total. The first-order valence-electron chi connectivity index (χ1n) is 10.6. The van der Waals surface area contributed by atoms with Gasteiger partial charge < -0.3 is 9.47 Å². The second-order valence-corrected chi connectivity index (χ2v) is 7.71. The van der Waals surface area contributed by atoms with E-state index in [1.165, 1.54) is 6.07 Å². The Labute approximate surface area is 185 Å². The van der Waals surface area contributed by atoms with E-state index >= 15 is 0 Å². The highest BCUT2D eigenvalue weighted by Crippen LogP contribution is 2.25. The van der Waals surface area contributed by atoms with E-state index in [1.807, 2.05) is 59.8 Å². The molecule has 0 saturated heterocycles. The molecule has 0 N–H and O–H groups in total. The lowest BCUT2D eigenvalue weighted by Gasteiger charge is -2.12. The lowest BCUT2D eigenvalue weighted by molar-refractivity contribution is 0.231. The van der Waals surface area contributed by atoms with Crippen LogP contribution in [-0.2, 0) is 0 Å². The molecule has 0 aromatic heterocycles. The average molecular weight is 422 g/mol. The van der Waals surface area contributed by atoms with Gasteiger partial charge in [0.25, 0.3) is 0 Å². The Morgan fingerprint density at radius 2 is 1.65 bits per heavy atom. The van der Waals surface area contributed by atoms with Crippen molar-refractivity contribution in [2.45, 2.75) is 53.8 Å². The van der Waals surface area contributed by atoms with Crippen LogP contribution in [0.4, 0.5) is 4.39 Å². The van der Waals surface area contributed by atoms with Crippen LogP contribution in [0.5, 0.6) is 11.5 Å². The van der Waals surface area contributed by atoms with Gasteiger partial charge in [0, 0.05) is 12.4 Å². The first-order chi connectivity index (χ1) is 14.8. The second kappa shape index (κ2) is 11.9. The van der Waals surface area contributed by atoms with Crippen LogP contribution >= 0.6 is 0 Å². The molecular weight excluding hydrogens is 389 g/mol. The molecular formula is C27H32FNO2. The molecule has 0 aliphatic heterocycles. The summed E-state index contributed by atoms with van der Waals surface area (Å²) in [5.41, 5.74) is 4.08. The molecule has 164 valence electrons. The van der Waals surface area contributed by atoms with Crippen molar-refractivity contribution in [2.75, 3.05) is 0 Å². The van der Waals surface area contributed by atoms with E-state index in [0.717, 1.165) is 28.0 Å². The molecule has 0 aliphatic carbocycles. The maximum Gasteiger partial charge on any atom is 0.165 e. The monoisotopic (exact) mass is 421 g/mol. The predicted octanol–water partition coefficient (Wildman–Crippen LogP) is 7.49. The van der Waals surface area contributed by atoms with Crippen molar-refractivity contribution in [2.24, 2.45) is 4.99 Å². The van der Waals surface area contributed by atoms with Gasteiger partial charge >= 0.3 is 0 Å². The zero-order chi connectivity index (χ0) is 22.8. The molecule has 2 rings (SSSR count). The smallest absolute Gasteiger partial charge is 0.165 e. The SMILES string of the molecule is C\C=C(/C(C)=C\C=N\C=C\c1ccc(OC(C)C)c(F)c1)c1ccc(OC(C)C)cc1. The Balaban J connectivity index is 2.02. The number of nitrogens with zero attached hydrogens (tertiary/aromatic N) is 1. The third kappa shape index (κ3) is 7.89. The van der Waals surface area contributed by atoms with E-state index in [2.05, 4.69) is 23.2 Å². The number of allylic oxidation sites excluding steroid dienone is 4. The van der Waals surface area contributed by atoms with E-state index in [9.17, 15) is 4.39 Å². The quantitative estimate of drug-likeness (QED) is 0.310. The Bertz CT molecular complexity index is 967. The summed E-state index contributed by atoms with van der Waals surface area (Å²) in [6.07, 6.45) is 9.26. The minimum atomic E-state index is -0.377. The molecule has 0 atom stereocenters. The van der Waals surface area contributed by atoms with E-state index in [0.29, 0.717) is 0 Å². The van der Waals surface area contributed by atoms with Gasteiger partial charge in [-0.15, -0.1) is 0 Å². The average Bonchev–Trinajstić information content (AvgIpc) is 2.71. The molecule has 2 aromatic carbocycles. The highest BCUT2D eigenvalue weighted by Gasteiger charge is 2.06. The normalized spacial score (nSPS) is 13.1. The van der Waals surface area contributed by atoms with E-state index in [4.69, 9.17) is 9.47 Å². The van der Waals surface area contributed by atoms with E-state index < -0.39 is 0 Å². The number of hydrogen-bond acceptors (Lipinski definition) is 3. The van der Waals surface area contributed by atoms with Crippen molar-refractivity contribution in [1.29, 1.82) is 0 Å². The molecule has 4 heteroatoms. The Morgan fingerprint density at radius 3 is 2.23 bits per heavy atom. The summed E-state index contributed by atoms with van der Waals surface area (Å²) in [6.45, 7) is 11.8. The highest BCUT2D eigenvalue weighted by molar-refractivity contribution is 5.85. The number of ether oxygens (including phenoxy) is 2. The zero-order valence-corrected chi connectivity index (χ0v) is 19.2. The lowest BCUT2D eigenvalue weighted by atomic mass is 9.98. The fourth-order valence-corrected chi connectivity index (χ4v) is 3.00. The number of aliphatic imine (C=N–C) groups is 1. The first-order valence-corrected chi connectivity index (χ1v) is 10.6. The predicted molar refractivity (Wildman–Crippen MR) is 129 cm³/mol. The Hall–Kier alpha value is -3.14. The maximum absolute atomic E-state index is 14.0. The summed E-state index contributed by atoms with van der Waals surface area (Å²) >= 11 is 0. The van der Waals surface area contributed by atoms with Crippen LogP contribution in [0.15, 0.2) is 71.4 Å². The summed E-state index contributed by atoms with van der Waals surface area (Å²) in [5.74, 6) is 0.748. The third-order valence-corrected chi connectivity index (χ3v) is 4.33. The number of rotatable bonds is 9. The zero-order valence-electron chi connectivity index (χ0n) is 19.2. The third-order valence-electron chi connectivity index (χ3n) is 4.33. The van der Waals surface area contributed by atoms with Crippen LogP contribution in [0.1, 0.15) is 52.7 Å². The molecule has 31 heavy (non-hydrogen) atoms. The number of hydrogen-bond donors (Lipinski definition) is 0. The van der Waals surface area contributed by atoms with Crippen LogP contribution in [0.2, 0.25) is 0 Å². The maximum atomic E-state index is 14.0. The van der Waals surface area contributed by atoms with Crippen molar-refractivity contribution in [3.63, 3.8) is 0 Å². The van der Waals surface area contributed by atoms with Crippen molar-refractivity contribution in [3.05, 3.63) is 83.3 Å². The van der Waals surface area contributed by atoms with Crippen LogP contribution in [0, 0.1) is 5.82 Å². The van der Waals surface area contributed by atoms with Crippen molar-refractivity contribution in [3.8, 4) is 11.5 Å². The molecule has 0 saturated carbocycles. The van der Waals surface area contributed by atoms with Gasteiger partial charge in [0.05, 0.1) is 12.2 Å². The summed E-state index contributed by atoms with van der Waals surface area (Å²) in [7, 11) is 0.